The second kappa shape index (κ2) is 6.94. The fourth-order valence-electron chi connectivity index (χ4n) is 2.28. The maximum absolute atomic E-state index is 9.33. The van der Waals surface area contributed by atoms with Crippen molar-refractivity contribution in [1.82, 2.24) is 0 Å². The number of thioether (sulfide) groups is 1. The molecule has 1 N–H and O–H groups in total. The van der Waals surface area contributed by atoms with Crippen LogP contribution >= 0.6 is 27.7 Å². The van der Waals surface area contributed by atoms with E-state index in [-0.39, 0.29) is 6.61 Å². The van der Waals surface area contributed by atoms with E-state index in [0.29, 0.717) is 23.0 Å². The molecule has 1 unspecified atom stereocenters. The van der Waals surface area contributed by atoms with Crippen molar-refractivity contribution in [2.45, 2.75) is 30.5 Å². The van der Waals surface area contributed by atoms with Crippen LogP contribution in [0.4, 0.5) is 0 Å². The fraction of sp³-hybridized carbons (Fsp3) is 0.571. The van der Waals surface area contributed by atoms with Gasteiger partial charge in [-0.05, 0) is 30.0 Å². The Morgan fingerprint density at radius 1 is 1.39 bits per heavy atom. The van der Waals surface area contributed by atoms with Crippen LogP contribution in [0.15, 0.2) is 28.7 Å². The first kappa shape index (κ1) is 14.4. The van der Waals surface area contributed by atoms with Crippen LogP contribution in [-0.2, 0) is 11.3 Å². The minimum Gasteiger partial charge on any atom is -0.396 e. The summed E-state index contributed by atoms with van der Waals surface area (Å²) in [6, 6.07) is 8.19. The second-order valence-corrected chi connectivity index (χ2v) is 7.40. The molecule has 3 atom stereocenters. The van der Waals surface area contributed by atoms with Crippen LogP contribution < -0.4 is 0 Å². The van der Waals surface area contributed by atoms with E-state index in [0.717, 1.165) is 17.5 Å². The largest absolute Gasteiger partial charge is 0.396 e. The molecule has 0 amide bonds. The van der Waals surface area contributed by atoms with Gasteiger partial charge in [0.2, 0.25) is 0 Å². The molecule has 1 aromatic carbocycles. The first-order chi connectivity index (χ1) is 8.69. The summed E-state index contributed by atoms with van der Waals surface area (Å²) in [7, 11) is 0. The van der Waals surface area contributed by atoms with Crippen LogP contribution in [0.1, 0.15) is 18.9 Å². The maximum Gasteiger partial charge on any atom is 0.0717 e. The summed E-state index contributed by atoms with van der Waals surface area (Å²) in [4.78, 5) is 0. The molecule has 18 heavy (non-hydrogen) atoms. The third-order valence-corrected chi connectivity index (χ3v) is 5.32. The molecule has 1 aliphatic heterocycles. The molecular formula is C14H19BrO2S. The smallest absolute Gasteiger partial charge is 0.0717 e. The predicted octanol–water partition coefficient (Wildman–Crippen LogP) is 3.47. The zero-order valence-electron chi connectivity index (χ0n) is 10.5. The lowest BCUT2D eigenvalue weighted by Gasteiger charge is -2.16. The molecule has 2 rings (SSSR count). The first-order valence-corrected chi connectivity index (χ1v) is 8.01. The summed E-state index contributed by atoms with van der Waals surface area (Å²) in [5.41, 5.74) is 1.19. The summed E-state index contributed by atoms with van der Waals surface area (Å²) < 4.78 is 6.87. The Bertz CT molecular complexity index is 369. The van der Waals surface area contributed by atoms with E-state index in [1.807, 2.05) is 23.9 Å². The Morgan fingerprint density at radius 3 is 2.78 bits per heavy atom. The van der Waals surface area contributed by atoms with E-state index in [4.69, 9.17) is 4.74 Å². The molecule has 1 aliphatic rings. The number of halogens is 1. The van der Waals surface area contributed by atoms with Crippen LogP contribution in [0.2, 0.25) is 0 Å². The number of hydrogen-bond donors (Lipinski definition) is 1. The van der Waals surface area contributed by atoms with E-state index in [1.165, 1.54) is 5.56 Å². The maximum atomic E-state index is 9.33. The second-order valence-electron chi connectivity index (χ2n) is 4.81. The zero-order chi connectivity index (χ0) is 13.0. The van der Waals surface area contributed by atoms with Crippen molar-refractivity contribution in [2.24, 2.45) is 5.92 Å². The lowest BCUT2D eigenvalue weighted by atomic mass is 10.0. The highest BCUT2D eigenvalue weighted by Gasteiger charge is 2.32. The average molecular weight is 331 g/mol. The molecule has 1 fully saturated rings. The topological polar surface area (TPSA) is 29.5 Å². The van der Waals surface area contributed by atoms with E-state index in [1.54, 1.807) is 0 Å². The number of aliphatic hydroxyl groups is 1. The van der Waals surface area contributed by atoms with Gasteiger partial charge in [-0.2, -0.15) is 11.8 Å². The van der Waals surface area contributed by atoms with Crippen LogP contribution in [0.25, 0.3) is 0 Å². The normalized spacial score (nSPS) is 27.6. The molecule has 4 heteroatoms. The van der Waals surface area contributed by atoms with Crippen LogP contribution in [0.5, 0.6) is 0 Å². The number of aliphatic hydroxyl groups excluding tert-OH is 1. The van der Waals surface area contributed by atoms with Gasteiger partial charge in [0.1, 0.15) is 0 Å². The standard InChI is InChI=1S/C14H19BrO2S/c1-10-6-12(7-16)14(18-10)9-17-8-11-2-4-13(15)5-3-11/h2-5,10,12,14,16H,6-9H2,1H3/t10?,12-,14-/m1/s1. The highest BCUT2D eigenvalue weighted by molar-refractivity contribution is 9.10. The fourth-order valence-corrected chi connectivity index (χ4v) is 4.10. The van der Waals surface area contributed by atoms with Gasteiger partial charge in [-0.15, -0.1) is 0 Å². The lowest BCUT2D eigenvalue weighted by Crippen LogP contribution is -2.21. The Balaban J connectivity index is 1.76. The van der Waals surface area contributed by atoms with Gasteiger partial charge >= 0.3 is 0 Å². The van der Waals surface area contributed by atoms with Crippen LogP contribution in [0.3, 0.4) is 0 Å². The molecular weight excluding hydrogens is 312 g/mol. The quantitative estimate of drug-likeness (QED) is 0.896. The number of hydrogen-bond acceptors (Lipinski definition) is 3. The van der Waals surface area contributed by atoms with Gasteiger partial charge in [0.15, 0.2) is 0 Å². The summed E-state index contributed by atoms with van der Waals surface area (Å²) >= 11 is 5.36. The predicted molar refractivity (Wildman–Crippen MR) is 79.8 cm³/mol. The molecule has 0 spiro atoms. The van der Waals surface area contributed by atoms with Gasteiger partial charge in [-0.3, -0.25) is 0 Å². The summed E-state index contributed by atoms with van der Waals surface area (Å²) in [5, 5.41) is 10.4. The van der Waals surface area contributed by atoms with Crippen LogP contribution in [0, 0.1) is 5.92 Å². The first-order valence-electron chi connectivity index (χ1n) is 6.27. The summed E-state index contributed by atoms with van der Waals surface area (Å²) in [6.45, 7) is 3.89. The van der Waals surface area contributed by atoms with Crippen molar-refractivity contribution in [1.29, 1.82) is 0 Å². The molecule has 1 heterocycles. The molecule has 1 aromatic rings. The lowest BCUT2D eigenvalue weighted by molar-refractivity contribution is 0.102. The minimum atomic E-state index is 0.281. The Morgan fingerprint density at radius 2 is 2.11 bits per heavy atom. The average Bonchev–Trinajstić information content (AvgIpc) is 2.72. The van der Waals surface area contributed by atoms with Gasteiger partial charge in [0, 0.05) is 21.6 Å². The van der Waals surface area contributed by atoms with E-state index in [9.17, 15) is 5.11 Å². The number of rotatable bonds is 5. The molecule has 0 bridgehead atoms. The van der Waals surface area contributed by atoms with E-state index < -0.39 is 0 Å². The molecule has 0 radical (unpaired) electrons. The van der Waals surface area contributed by atoms with Crippen molar-refractivity contribution >= 4 is 27.7 Å². The van der Waals surface area contributed by atoms with Crippen molar-refractivity contribution in [3.05, 3.63) is 34.3 Å². The van der Waals surface area contributed by atoms with Crippen molar-refractivity contribution in [3.63, 3.8) is 0 Å². The van der Waals surface area contributed by atoms with Crippen molar-refractivity contribution in [3.8, 4) is 0 Å². The molecule has 0 saturated carbocycles. The summed E-state index contributed by atoms with van der Waals surface area (Å²) in [6.07, 6.45) is 1.10. The Kier molecular flexibility index (Phi) is 5.55. The van der Waals surface area contributed by atoms with Crippen molar-refractivity contribution < 1.29 is 9.84 Å². The molecule has 2 nitrogen and oxygen atoms in total. The van der Waals surface area contributed by atoms with Crippen molar-refractivity contribution in [2.75, 3.05) is 13.2 Å². The Hall–Kier alpha value is -0.0300. The van der Waals surface area contributed by atoms with Gasteiger partial charge in [0.05, 0.1) is 13.2 Å². The summed E-state index contributed by atoms with van der Waals surface area (Å²) in [5.74, 6) is 0.398. The highest BCUT2D eigenvalue weighted by atomic mass is 79.9. The molecule has 0 aromatic heterocycles. The molecule has 100 valence electrons. The third kappa shape index (κ3) is 3.98. The Labute approximate surface area is 121 Å². The minimum absolute atomic E-state index is 0.281. The third-order valence-electron chi connectivity index (χ3n) is 3.27. The molecule has 0 aliphatic carbocycles. The zero-order valence-corrected chi connectivity index (χ0v) is 12.9. The van der Waals surface area contributed by atoms with Gasteiger partial charge < -0.3 is 9.84 Å². The monoisotopic (exact) mass is 330 g/mol. The highest BCUT2D eigenvalue weighted by Crippen LogP contribution is 2.38. The van der Waals surface area contributed by atoms with Gasteiger partial charge in [0.25, 0.3) is 0 Å². The van der Waals surface area contributed by atoms with Crippen LogP contribution in [-0.4, -0.2) is 28.8 Å². The van der Waals surface area contributed by atoms with Gasteiger partial charge in [-0.25, -0.2) is 0 Å². The number of ether oxygens (including phenoxy) is 1. The SMILES string of the molecule is CC1C[C@H](CO)[C@@H](COCc2ccc(Br)cc2)S1. The van der Waals surface area contributed by atoms with E-state index in [2.05, 4.69) is 35.0 Å². The van der Waals surface area contributed by atoms with Gasteiger partial charge in [-0.1, -0.05) is 35.0 Å². The number of benzene rings is 1. The van der Waals surface area contributed by atoms with E-state index >= 15 is 0 Å². The molecule has 1 saturated heterocycles.